The van der Waals surface area contributed by atoms with Crippen molar-refractivity contribution in [2.45, 2.75) is 19.8 Å². The van der Waals surface area contributed by atoms with Gasteiger partial charge in [0.25, 0.3) is 0 Å². The lowest BCUT2D eigenvalue weighted by molar-refractivity contribution is 0.769. The fraction of sp³-hybridized carbons (Fsp3) is 0.250. The molecular formula is C12H14ClN3. The maximum atomic E-state index is 5.93. The Morgan fingerprint density at radius 3 is 2.69 bits per heavy atom. The van der Waals surface area contributed by atoms with Crippen molar-refractivity contribution in [2.24, 2.45) is 0 Å². The Labute approximate surface area is 99.8 Å². The number of halogens is 1. The summed E-state index contributed by atoms with van der Waals surface area (Å²) in [7, 11) is 0. The van der Waals surface area contributed by atoms with Crippen molar-refractivity contribution in [3.8, 4) is 5.69 Å². The van der Waals surface area contributed by atoms with Gasteiger partial charge in [0.2, 0.25) is 0 Å². The third kappa shape index (κ3) is 2.04. The molecule has 2 N–H and O–H groups in total. The van der Waals surface area contributed by atoms with Crippen molar-refractivity contribution in [1.82, 2.24) is 9.78 Å². The Balaban J connectivity index is 2.45. The van der Waals surface area contributed by atoms with Crippen molar-refractivity contribution in [3.05, 3.63) is 41.2 Å². The van der Waals surface area contributed by atoms with E-state index in [0.717, 1.165) is 17.1 Å². The van der Waals surface area contributed by atoms with Gasteiger partial charge in [-0.05, 0) is 24.1 Å². The number of nitrogens with two attached hydrogens (primary N) is 1. The Hall–Kier alpha value is -1.48. The molecule has 0 radical (unpaired) electrons. The van der Waals surface area contributed by atoms with E-state index >= 15 is 0 Å². The second kappa shape index (κ2) is 4.18. The lowest BCUT2D eigenvalue weighted by atomic mass is 10.1. The lowest BCUT2D eigenvalue weighted by Gasteiger charge is -2.02. The third-order valence-corrected chi connectivity index (χ3v) is 2.63. The molecular weight excluding hydrogens is 222 g/mol. The van der Waals surface area contributed by atoms with Gasteiger partial charge in [0.05, 0.1) is 23.3 Å². The second-order valence-corrected chi connectivity index (χ2v) is 4.49. The summed E-state index contributed by atoms with van der Waals surface area (Å²) >= 11 is 5.93. The molecule has 0 saturated carbocycles. The van der Waals surface area contributed by atoms with Gasteiger partial charge in [-0.2, -0.15) is 5.10 Å². The van der Waals surface area contributed by atoms with E-state index in [-0.39, 0.29) is 0 Å². The van der Waals surface area contributed by atoms with Crippen LogP contribution in [-0.2, 0) is 0 Å². The fourth-order valence-corrected chi connectivity index (χ4v) is 1.78. The first-order valence-electron chi connectivity index (χ1n) is 5.19. The van der Waals surface area contributed by atoms with Crippen LogP contribution >= 0.6 is 11.6 Å². The van der Waals surface area contributed by atoms with Crippen LogP contribution in [-0.4, -0.2) is 9.78 Å². The van der Waals surface area contributed by atoms with Crippen LogP contribution in [0.1, 0.15) is 25.5 Å². The highest BCUT2D eigenvalue weighted by Crippen LogP contribution is 2.22. The zero-order valence-corrected chi connectivity index (χ0v) is 10.1. The van der Waals surface area contributed by atoms with E-state index in [1.807, 2.05) is 30.5 Å². The molecule has 0 aliphatic heterocycles. The topological polar surface area (TPSA) is 43.8 Å². The molecule has 0 spiro atoms. The van der Waals surface area contributed by atoms with Crippen molar-refractivity contribution in [2.75, 3.05) is 5.73 Å². The maximum Gasteiger partial charge on any atom is 0.0883 e. The van der Waals surface area contributed by atoms with Crippen LogP contribution in [0, 0.1) is 0 Å². The number of nitrogens with zero attached hydrogens (tertiary/aromatic N) is 2. The first kappa shape index (κ1) is 11.0. The molecule has 1 heterocycles. The monoisotopic (exact) mass is 235 g/mol. The van der Waals surface area contributed by atoms with Crippen LogP contribution in [0.3, 0.4) is 0 Å². The number of aromatic nitrogens is 2. The molecule has 0 aliphatic rings. The van der Waals surface area contributed by atoms with Crippen molar-refractivity contribution in [1.29, 1.82) is 0 Å². The molecule has 2 aromatic rings. The quantitative estimate of drug-likeness (QED) is 0.869. The molecule has 0 atom stereocenters. The molecule has 0 aliphatic carbocycles. The van der Waals surface area contributed by atoms with Crippen LogP contribution in [0.2, 0.25) is 5.02 Å². The summed E-state index contributed by atoms with van der Waals surface area (Å²) in [5, 5.41) is 5.15. The Morgan fingerprint density at radius 1 is 1.38 bits per heavy atom. The van der Waals surface area contributed by atoms with Crippen molar-refractivity contribution in [3.63, 3.8) is 0 Å². The number of hydrogen-bond donors (Lipinski definition) is 1. The largest absolute Gasteiger partial charge is 0.396 e. The number of anilines is 1. The third-order valence-electron chi connectivity index (χ3n) is 2.39. The number of hydrogen-bond acceptors (Lipinski definition) is 2. The molecule has 84 valence electrons. The molecule has 3 nitrogen and oxygen atoms in total. The van der Waals surface area contributed by atoms with Gasteiger partial charge in [0.1, 0.15) is 0 Å². The lowest BCUT2D eigenvalue weighted by Crippen LogP contribution is -1.97. The summed E-state index contributed by atoms with van der Waals surface area (Å²) in [6, 6.07) is 7.53. The molecule has 0 unspecified atom stereocenters. The standard InChI is InChI=1S/C12H14ClN3/c1-8(2)12-11(14)7-16(15-12)10-5-3-4-9(13)6-10/h3-8H,14H2,1-2H3. The Kier molecular flexibility index (Phi) is 2.88. The zero-order valence-electron chi connectivity index (χ0n) is 9.31. The summed E-state index contributed by atoms with van der Waals surface area (Å²) in [4.78, 5) is 0. The van der Waals surface area contributed by atoms with Crippen molar-refractivity contribution < 1.29 is 0 Å². The molecule has 16 heavy (non-hydrogen) atoms. The summed E-state index contributed by atoms with van der Waals surface area (Å²) in [5.74, 6) is 0.320. The van der Waals surface area contributed by atoms with Crippen LogP contribution in [0.5, 0.6) is 0 Å². The molecule has 0 amide bonds. The zero-order chi connectivity index (χ0) is 11.7. The van der Waals surface area contributed by atoms with Crippen molar-refractivity contribution >= 4 is 17.3 Å². The van der Waals surface area contributed by atoms with E-state index in [1.54, 1.807) is 4.68 Å². The minimum atomic E-state index is 0.320. The second-order valence-electron chi connectivity index (χ2n) is 4.05. The minimum Gasteiger partial charge on any atom is -0.396 e. The number of nitrogen functional groups attached to an aromatic ring is 1. The SMILES string of the molecule is CC(C)c1nn(-c2cccc(Cl)c2)cc1N. The Bertz CT molecular complexity index is 503. The Morgan fingerprint density at radius 2 is 2.12 bits per heavy atom. The fourth-order valence-electron chi connectivity index (χ4n) is 1.60. The van der Waals surface area contributed by atoms with Crippen LogP contribution in [0.15, 0.2) is 30.5 Å². The predicted molar refractivity (Wildman–Crippen MR) is 67.1 cm³/mol. The van der Waals surface area contributed by atoms with Crippen LogP contribution in [0.25, 0.3) is 5.69 Å². The van der Waals surface area contributed by atoms with E-state index in [2.05, 4.69) is 18.9 Å². The highest BCUT2D eigenvalue weighted by atomic mass is 35.5. The van der Waals surface area contributed by atoms with E-state index in [0.29, 0.717) is 10.9 Å². The predicted octanol–water partition coefficient (Wildman–Crippen LogP) is 3.23. The summed E-state index contributed by atoms with van der Waals surface area (Å²) < 4.78 is 1.76. The highest BCUT2D eigenvalue weighted by molar-refractivity contribution is 6.30. The maximum absolute atomic E-state index is 5.93. The van der Waals surface area contributed by atoms with E-state index < -0.39 is 0 Å². The van der Waals surface area contributed by atoms with Crippen LogP contribution < -0.4 is 5.73 Å². The van der Waals surface area contributed by atoms with Gasteiger partial charge in [-0.15, -0.1) is 0 Å². The van der Waals surface area contributed by atoms with E-state index in [9.17, 15) is 0 Å². The molecule has 4 heteroatoms. The molecule has 2 rings (SSSR count). The van der Waals surface area contributed by atoms with Gasteiger partial charge in [-0.1, -0.05) is 31.5 Å². The van der Waals surface area contributed by atoms with E-state index in [4.69, 9.17) is 17.3 Å². The molecule has 0 bridgehead atoms. The first-order valence-corrected chi connectivity index (χ1v) is 5.56. The van der Waals surface area contributed by atoms with E-state index in [1.165, 1.54) is 0 Å². The minimum absolute atomic E-state index is 0.320. The smallest absolute Gasteiger partial charge is 0.0883 e. The molecule has 0 saturated heterocycles. The molecule has 1 aromatic heterocycles. The highest BCUT2D eigenvalue weighted by Gasteiger charge is 2.10. The van der Waals surface area contributed by atoms with Gasteiger partial charge in [0, 0.05) is 5.02 Å². The average Bonchev–Trinajstić information content (AvgIpc) is 2.60. The summed E-state index contributed by atoms with van der Waals surface area (Å²) in [6.07, 6.45) is 1.82. The number of rotatable bonds is 2. The van der Waals surface area contributed by atoms with Gasteiger partial charge in [-0.3, -0.25) is 0 Å². The van der Waals surface area contributed by atoms with Gasteiger partial charge in [0.15, 0.2) is 0 Å². The molecule has 0 fully saturated rings. The number of benzene rings is 1. The normalized spacial score (nSPS) is 11.0. The van der Waals surface area contributed by atoms with Gasteiger partial charge in [-0.25, -0.2) is 4.68 Å². The first-order chi connectivity index (χ1) is 7.58. The van der Waals surface area contributed by atoms with Gasteiger partial charge < -0.3 is 5.73 Å². The average molecular weight is 236 g/mol. The van der Waals surface area contributed by atoms with Crippen LogP contribution in [0.4, 0.5) is 5.69 Å². The summed E-state index contributed by atoms with van der Waals surface area (Å²) in [6.45, 7) is 4.14. The van der Waals surface area contributed by atoms with Gasteiger partial charge >= 0.3 is 0 Å². The molecule has 1 aromatic carbocycles. The summed E-state index contributed by atoms with van der Waals surface area (Å²) in [5.41, 5.74) is 8.46.